The molecule has 92 valence electrons. The number of fused-ring (bicyclic) bond motifs is 3. The third-order valence-electron chi connectivity index (χ3n) is 3.23. The molecular formula is C17H12O2. The Bertz CT molecular complexity index is 801. The number of hydrogen-bond donors (Lipinski definition) is 1. The van der Waals surface area contributed by atoms with E-state index in [0.29, 0.717) is 0 Å². The van der Waals surface area contributed by atoms with Crippen LogP contribution in [0.15, 0.2) is 60.7 Å². The monoisotopic (exact) mass is 248 g/mol. The molecule has 0 fully saturated rings. The van der Waals surface area contributed by atoms with Gasteiger partial charge in [-0.1, -0.05) is 54.6 Å². The minimum atomic E-state index is -0.933. The van der Waals surface area contributed by atoms with Gasteiger partial charge in [0.15, 0.2) is 0 Å². The highest BCUT2D eigenvalue weighted by Crippen LogP contribution is 2.28. The maximum atomic E-state index is 10.6. The molecule has 2 heteroatoms. The summed E-state index contributed by atoms with van der Waals surface area (Å²) in [6, 6.07) is 18.2. The molecule has 3 aromatic rings. The van der Waals surface area contributed by atoms with Crippen molar-refractivity contribution in [1.29, 1.82) is 0 Å². The molecule has 0 saturated carbocycles. The van der Waals surface area contributed by atoms with E-state index < -0.39 is 5.97 Å². The summed E-state index contributed by atoms with van der Waals surface area (Å²) >= 11 is 0. The highest BCUT2D eigenvalue weighted by Gasteiger charge is 2.02. The predicted octanol–water partition coefficient (Wildman–Crippen LogP) is 4.09. The Balaban J connectivity index is 2.32. The second-order valence-electron chi connectivity index (χ2n) is 4.40. The number of carboxylic acid groups (broad SMARTS) is 1. The van der Waals surface area contributed by atoms with E-state index >= 15 is 0 Å². The normalized spacial score (nSPS) is 11.4. The summed E-state index contributed by atoms with van der Waals surface area (Å²) < 4.78 is 0. The SMILES string of the molecule is O=C(O)/C=C/c1cccc2c1ccc1ccccc12. The van der Waals surface area contributed by atoms with E-state index in [9.17, 15) is 4.79 Å². The summed E-state index contributed by atoms with van der Waals surface area (Å²) in [4.78, 5) is 10.6. The van der Waals surface area contributed by atoms with Gasteiger partial charge in [-0.2, -0.15) is 0 Å². The molecule has 0 spiro atoms. The standard InChI is InChI=1S/C17H12O2/c18-17(19)11-9-13-5-3-7-16-14-6-2-1-4-12(14)8-10-15(13)16/h1-11H,(H,18,19)/b11-9+. The topological polar surface area (TPSA) is 37.3 Å². The van der Waals surface area contributed by atoms with Crippen molar-refractivity contribution in [3.8, 4) is 0 Å². The first-order chi connectivity index (χ1) is 9.25. The maximum Gasteiger partial charge on any atom is 0.328 e. The zero-order valence-corrected chi connectivity index (χ0v) is 10.2. The van der Waals surface area contributed by atoms with Crippen LogP contribution >= 0.6 is 0 Å². The van der Waals surface area contributed by atoms with Crippen LogP contribution in [0.25, 0.3) is 27.6 Å². The fraction of sp³-hybridized carbons (Fsp3) is 0. The Kier molecular flexibility index (Phi) is 2.76. The van der Waals surface area contributed by atoms with Crippen LogP contribution < -0.4 is 0 Å². The highest BCUT2D eigenvalue weighted by atomic mass is 16.4. The first-order valence-electron chi connectivity index (χ1n) is 6.07. The third-order valence-corrected chi connectivity index (χ3v) is 3.23. The van der Waals surface area contributed by atoms with E-state index in [0.717, 1.165) is 16.3 Å². The summed E-state index contributed by atoms with van der Waals surface area (Å²) in [5.41, 5.74) is 0.922. The van der Waals surface area contributed by atoms with Crippen molar-refractivity contribution in [1.82, 2.24) is 0 Å². The zero-order chi connectivity index (χ0) is 13.2. The van der Waals surface area contributed by atoms with Crippen LogP contribution in [-0.2, 0) is 4.79 Å². The molecule has 0 radical (unpaired) electrons. The Morgan fingerprint density at radius 1 is 0.842 bits per heavy atom. The molecule has 0 aromatic heterocycles. The van der Waals surface area contributed by atoms with E-state index in [1.165, 1.54) is 16.8 Å². The van der Waals surface area contributed by atoms with Crippen LogP contribution in [0, 0.1) is 0 Å². The van der Waals surface area contributed by atoms with Crippen molar-refractivity contribution in [3.63, 3.8) is 0 Å². The van der Waals surface area contributed by atoms with E-state index in [-0.39, 0.29) is 0 Å². The molecular weight excluding hydrogens is 236 g/mol. The summed E-state index contributed by atoms with van der Waals surface area (Å²) in [7, 11) is 0. The van der Waals surface area contributed by atoms with Crippen molar-refractivity contribution >= 4 is 33.6 Å². The van der Waals surface area contributed by atoms with Gasteiger partial charge in [0.1, 0.15) is 0 Å². The van der Waals surface area contributed by atoms with Gasteiger partial charge < -0.3 is 5.11 Å². The quantitative estimate of drug-likeness (QED) is 0.548. The molecule has 3 aromatic carbocycles. The van der Waals surface area contributed by atoms with Gasteiger partial charge in [-0.3, -0.25) is 0 Å². The van der Waals surface area contributed by atoms with E-state index in [1.54, 1.807) is 6.08 Å². The zero-order valence-electron chi connectivity index (χ0n) is 10.2. The molecule has 0 aliphatic carbocycles. The lowest BCUT2D eigenvalue weighted by atomic mass is 9.98. The molecule has 0 unspecified atom stereocenters. The average Bonchev–Trinajstić information content (AvgIpc) is 2.44. The minimum absolute atomic E-state index is 0.922. The lowest BCUT2D eigenvalue weighted by Gasteiger charge is -2.06. The molecule has 0 saturated heterocycles. The van der Waals surface area contributed by atoms with Crippen molar-refractivity contribution in [2.75, 3.05) is 0 Å². The Morgan fingerprint density at radius 3 is 2.47 bits per heavy atom. The lowest BCUT2D eigenvalue weighted by Crippen LogP contribution is -1.86. The fourth-order valence-corrected chi connectivity index (χ4v) is 2.37. The van der Waals surface area contributed by atoms with E-state index in [1.807, 2.05) is 30.3 Å². The number of carboxylic acids is 1. The lowest BCUT2D eigenvalue weighted by molar-refractivity contribution is -0.131. The molecule has 3 rings (SSSR count). The van der Waals surface area contributed by atoms with Crippen LogP contribution in [0.2, 0.25) is 0 Å². The molecule has 2 nitrogen and oxygen atoms in total. The van der Waals surface area contributed by atoms with Gasteiger partial charge in [0.05, 0.1) is 0 Å². The number of aliphatic carboxylic acids is 1. The van der Waals surface area contributed by atoms with E-state index in [4.69, 9.17) is 5.11 Å². The van der Waals surface area contributed by atoms with Gasteiger partial charge in [-0.05, 0) is 33.2 Å². The maximum absolute atomic E-state index is 10.6. The fourth-order valence-electron chi connectivity index (χ4n) is 2.37. The first-order valence-corrected chi connectivity index (χ1v) is 6.07. The highest BCUT2D eigenvalue weighted by molar-refractivity contribution is 6.10. The number of rotatable bonds is 2. The third kappa shape index (κ3) is 2.08. The van der Waals surface area contributed by atoms with Gasteiger partial charge >= 0.3 is 5.97 Å². The van der Waals surface area contributed by atoms with Crippen LogP contribution in [0.3, 0.4) is 0 Å². The molecule has 1 N–H and O–H groups in total. The molecule has 0 aliphatic heterocycles. The summed E-state index contributed by atoms with van der Waals surface area (Å²) in [5.74, 6) is -0.933. The Hall–Kier alpha value is -2.61. The Labute approximate surface area is 110 Å². The largest absolute Gasteiger partial charge is 0.478 e. The molecule has 19 heavy (non-hydrogen) atoms. The second-order valence-corrected chi connectivity index (χ2v) is 4.40. The van der Waals surface area contributed by atoms with Crippen molar-refractivity contribution in [2.45, 2.75) is 0 Å². The second kappa shape index (κ2) is 4.58. The molecule has 0 atom stereocenters. The van der Waals surface area contributed by atoms with Crippen molar-refractivity contribution in [2.24, 2.45) is 0 Å². The van der Waals surface area contributed by atoms with Gasteiger partial charge in [-0.15, -0.1) is 0 Å². The van der Waals surface area contributed by atoms with Crippen LogP contribution in [0.4, 0.5) is 0 Å². The van der Waals surface area contributed by atoms with Gasteiger partial charge in [0.25, 0.3) is 0 Å². The predicted molar refractivity (Wildman–Crippen MR) is 78.1 cm³/mol. The van der Waals surface area contributed by atoms with Crippen molar-refractivity contribution < 1.29 is 9.90 Å². The summed E-state index contributed by atoms with van der Waals surface area (Å²) in [6.07, 6.45) is 2.81. The first kappa shape index (κ1) is 11.5. The number of carbonyl (C=O) groups is 1. The molecule has 0 heterocycles. The smallest absolute Gasteiger partial charge is 0.328 e. The van der Waals surface area contributed by atoms with Crippen molar-refractivity contribution in [3.05, 3.63) is 66.2 Å². The van der Waals surface area contributed by atoms with Crippen LogP contribution in [0.5, 0.6) is 0 Å². The van der Waals surface area contributed by atoms with Crippen LogP contribution in [0.1, 0.15) is 5.56 Å². The average molecular weight is 248 g/mol. The van der Waals surface area contributed by atoms with Gasteiger partial charge in [0, 0.05) is 6.08 Å². The summed E-state index contributed by atoms with van der Waals surface area (Å²) in [6.45, 7) is 0. The number of hydrogen-bond acceptors (Lipinski definition) is 1. The number of benzene rings is 3. The Morgan fingerprint density at radius 2 is 1.63 bits per heavy atom. The van der Waals surface area contributed by atoms with E-state index in [2.05, 4.69) is 24.3 Å². The molecule has 0 bridgehead atoms. The summed E-state index contributed by atoms with van der Waals surface area (Å²) in [5, 5.41) is 13.3. The van der Waals surface area contributed by atoms with Gasteiger partial charge in [-0.25, -0.2) is 4.79 Å². The minimum Gasteiger partial charge on any atom is -0.478 e. The molecule has 0 amide bonds. The van der Waals surface area contributed by atoms with Gasteiger partial charge in [0.2, 0.25) is 0 Å². The van der Waals surface area contributed by atoms with Crippen LogP contribution in [-0.4, -0.2) is 11.1 Å². The molecule has 0 aliphatic rings.